The van der Waals surface area contributed by atoms with Gasteiger partial charge in [-0.3, -0.25) is 0 Å². The molecule has 0 fully saturated rings. The lowest BCUT2D eigenvalue weighted by Crippen LogP contribution is -2.10. The van der Waals surface area contributed by atoms with E-state index in [1.54, 1.807) is 18.2 Å². The smallest absolute Gasteiger partial charge is 0.126 e. The maximum atomic E-state index is 13.1. The molecule has 2 rings (SSSR count). The fourth-order valence-corrected chi connectivity index (χ4v) is 2.28. The predicted octanol–water partition coefficient (Wildman–Crippen LogP) is 3.91. The number of rotatable bonds is 5. The van der Waals surface area contributed by atoms with E-state index in [9.17, 15) is 8.78 Å². The van der Waals surface area contributed by atoms with Crippen molar-refractivity contribution in [2.45, 2.75) is 6.42 Å². The Morgan fingerprint density at radius 1 is 1.14 bits per heavy atom. The SMILES string of the molecule is NC(=S)c1ccc(NCCc2cc(F)cc(F)c2)c(Cl)c1. The first-order valence-corrected chi connectivity index (χ1v) is 7.02. The molecule has 0 bridgehead atoms. The van der Waals surface area contributed by atoms with E-state index in [0.717, 1.165) is 6.07 Å². The second-order valence-electron chi connectivity index (χ2n) is 4.51. The average Bonchev–Trinajstić information content (AvgIpc) is 2.39. The summed E-state index contributed by atoms with van der Waals surface area (Å²) in [5.74, 6) is -1.16. The van der Waals surface area contributed by atoms with Crippen LogP contribution >= 0.6 is 23.8 Å². The molecule has 0 amide bonds. The zero-order valence-electron chi connectivity index (χ0n) is 11.0. The highest BCUT2D eigenvalue weighted by Crippen LogP contribution is 2.23. The van der Waals surface area contributed by atoms with Crippen molar-refractivity contribution in [3.8, 4) is 0 Å². The number of anilines is 1. The third-order valence-corrected chi connectivity index (χ3v) is 3.45. The molecule has 0 aliphatic rings. The van der Waals surface area contributed by atoms with Crippen molar-refractivity contribution in [1.82, 2.24) is 0 Å². The van der Waals surface area contributed by atoms with Gasteiger partial charge in [0, 0.05) is 18.2 Å². The van der Waals surface area contributed by atoms with Gasteiger partial charge in [-0.25, -0.2) is 8.78 Å². The summed E-state index contributed by atoms with van der Waals surface area (Å²) in [5, 5.41) is 3.60. The van der Waals surface area contributed by atoms with Gasteiger partial charge in [-0.2, -0.15) is 0 Å². The van der Waals surface area contributed by atoms with Crippen LogP contribution in [-0.4, -0.2) is 11.5 Å². The van der Waals surface area contributed by atoms with E-state index in [0.29, 0.717) is 34.8 Å². The predicted molar refractivity (Wildman–Crippen MR) is 85.9 cm³/mol. The molecular formula is C15H13ClF2N2S. The van der Waals surface area contributed by atoms with Gasteiger partial charge in [-0.15, -0.1) is 0 Å². The molecule has 0 heterocycles. The summed E-state index contributed by atoms with van der Waals surface area (Å²) in [7, 11) is 0. The van der Waals surface area contributed by atoms with Crippen LogP contribution in [0, 0.1) is 11.6 Å². The van der Waals surface area contributed by atoms with Gasteiger partial charge in [0.2, 0.25) is 0 Å². The number of hydrogen-bond acceptors (Lipinski definition) is 2. The van der Waals surface area contributed by atoms with Crippen LogP contribution in [0.5, 0.6) is 0 Å². The normalized spacial score (nSPS) is 10.4. The van der Waals surface area contributed by atoms with Crippen LogP contribution in [0.15, 0.2) is 36.4 Å². The van der Waals surface area contributed by atoms with Gasteiger partial charge < -0.3 is 11.1 Å². The van der Waals surface area contributed by atoms with Crippen LogP contribution < -0.4 is 11.1 Å². The van der Waals surface area contributed by atoms with Crippen LogP contribution in [-0.2, 0) is 6.42 Å². The molecule has 0 aromatic heterocycles. The van der Waals surface area contributed by atoms with Gasteiger partial charge >= 0.3 is 0 Å². The van der Waals surface area contributed by atoms with Gasteiger partial charge in [-0.1, -0.05) is 23.8 Å². The molecule has 2 nitrogen and oxygen atoms in total. The summed E-state index contributed by atoms with van der Waals surface area (Å²) < 4.78 is 26.1. The van der Waals surface area contributed by atoms with Gasteiger partial charge in [-0.05, 0) is 42.3 Å². The highest BCUT2D eigenvalue weighted by molar-refractivity contribution is 7.80. The highest BCUT2D eigenvalue weighted by Gasteiger charge is 2.04. The molecular weight excluding hydrogens is 314 g/mol. The molecule has 6 heteroatoms. The summed E-state index contributed by atoms with van der Waals surface area (Å²) >= 11 is 11.0. The third-order valence-electron chi connectivity index (χ3n) is 2.91. The summed E-state index contributed by atoms with van der Waals surface area (Å²) in [6, 6.07) is 8.67. The monoisotopic (exact) mass is 326 g/mol. The van der Waals surface area contributed by atoms with Crippen LogP contribution in [0.25, 0.3) is 0 Å². The fraction of sp³-hybridized carbons (Fsp3) is 0.133. The minimum Gasteiger partial charge on any atom is -0.389 e. The van der Waals surface area contributed by atoms with Crippen LogP contribution in [0.4, 0.5) is 14.5 Å². The van der Waals surface area contributed by atoms with Crippen molar-refractivity contribution >= 4 is 34.5 Å². The fourth-order valence-electron chi connectivity index (χ4n) is 1.91. The van der Waals surface area contributed by atoms with Crippen molar-refractivity contribution in [3.63, 3.8) is 0 Å². The zero-order chi connectivity index (χ0) is 15.4. The largest absolute Gasteiger partial charge is 0.389 e. The first kappa shape index (κ1) is 15.7. The van der Waals surface area contributed by atoms with Crippen LogP contribution in [0.2, 0.25) is 5.02 Å². The summed E-state index contributed by atoms with van der Waals surface area (Å²) in [5.41, 5.74) is 7.50. The van der Waals surface area contributed by atoms with Gasteiger partial charge in [0.25, 0.3) is 0 Å². The van der Waals surface area contributed by atoms with Gasteiger partial charge in [0.15, 0.2) is 0 Å². The Hall–Kier alpha value is -1.72. The van der Waals surface area contributed by atoms with E-state index in [1.807, 2.05) is 0 Å². The Bertz CT molecular complexity index is 656. The Morgan fingerprint density at radius 2 is 1.81 bits per heavy atom. The van der Waals surface area contributed by atoms with Crippen molar-refractivity contribution in [2.24, 2.45) is 5.73 Å². The molecule has 0 atom stereocenters. The molecule has 0 saturated heterocycles. The molecule has 2 aromatic carbocycles. The van der Waals surface area contributed by atoms with Crippen LogP contribution in [0.1, 0.15) is 11.1 Å². The molecule has 0 saturated carbocycles. The summed E-state index contributed by atoms with van der Waals surface area (Å²) in [6.07, 6.45) is 0.474. The van der Waals surface area contributed by atoms with E-state index in [-0.39, 0.29) is 4.99 Å². The number of nitrogens with two attached hydrogens (primary N) is 1. The number of thiocarbonyl (C=S) groups is 1. The molecule has 0 aliphatic heterocycles. The molecule has 3 N–H and O–H groups in total. The second-order valence-corrected chi connectivity index (χ2v) is 5.36. The lowest BCUT2D eigenvalue weighted by Gasteiger charge is -2.10. The Morgan fingerprint density at radius 3 is 2.38 bits per heavy atom. The van der Waals surface area contributed by atoms with Crippen molar-refractivity contribution < 1.29 is 8.78 Å². The number of nitrogens with one attached hydrogen (secondary N) is 1. The maximum absolute atomic E-state index is 13.1. The summed E-state index contributed by atoms with van der Waals surface area (Å²) in [4.78, 5) is 0.277. The first-order valence-electron chi connectivity index (χ1n) is 6.24. The number of benzene rings is 2. The van der Waals surface area contributed by atoms with Crippen LogP contribution in [0.3, 0.4) is 0 Å². The maximum Gasteiger partial charge on any atom is 0.126 e. The average molecular weight is 327 g/mol. The van der Waals surface area contributed by atoms with Gasteiger partial charge in [0.05, 0.1) is 10.7 Å². The van der Waals surface area contributed by atoms with Crippen molar-refractivity contribution in [1.29, 1.82) is 0 Å². The number of hydrogen-bond donors (Lipinski definition) is 2. The lowest BCUT2D eigenvalue weighted by molar-refractivity contribution is 0.580. The quantitative estimate of drug-likeness (QED) is 0.818. The molecule has 0 radical (unpaired) electrons. The summed E-state index contributed by atoms with van der Waals surface area (Å²) in [6.45, 7) is 0.495. The van der Waals surface area contributed by atoms with Crippen molar-refractivity contribution in [3.05, 3.63) is 64.2 Å². The Labute approximate surface area is 131 Å². The van der Waals surface area contributed by atoms with Crippen molar-refractivity contribution in [2.75, 3.05) is 11.9 Å². The van der Waals surface area contributed by atoms with E-state index in [2.05, 4.69) is 5.32 Å². The second kappa shape index (κ2) is 6.83. The Balaban J connectivity index is 1.98. The molecule has 110 valence electrons. The molecule has 0 aliphatic carbocycles. The topological polar surface area (TPSA) is 38.0 Å². The molecule has 0 spiro atoms. The molecule has 2 aromatic rings. The zero-order valence-corrected chi connectivity index (χ0v) is 12.6. The minimum atomic E-state index is -0.580. The third kappa shape index (κ3) is 4.37. The lowest BCUT2D eigenvalue weighted by atomic mass is 10.1. The van der Waals surface area contributed by atoms with Gasteiger partial charge in [0.1, 0.15) is 16.6 Å². The molecule has 21 heavy (non-hydrogen) atoms. The molecule has 0 unspecified atom stereocenters. The highest BCUT2D eigenvalue weighted by atomic mass is 35.5. The minimum absolute atomic E-state index is 0.277. The van der Waals surface area contributed by atoms with E-state index < -0.39 is 11.6 Å². The van der Waals surface area contributed by atoms with E-state index in [1.165, 1.54) is 12.1 Å². The first-order chi connectivity index (χ1) is 9.95. The number of halogens is 3. The Kier molecular flexibility index (Phi) is 5.09. The standard InChI is InChI=1S/C15H13ClF2N2S/c16-13-7-10(15(19)21)1-2-14(13)20-4-3-9-5-11(17)8-12(18)6-9/h1-2,5-8,20H,3-4H2,(H2,19,21). The van der Waals surface area contributed by atoms with E-state index in [4.69, 9.17) is 29.6 Å². The van der Waals surface area contributed by atoms with E-state index >= 15 is 0 Å².